The van der Waals surface area contributed by atoms with Crippen LogP contribution in [0.1, 0.15) is 44.8 Å². The first-order valence-corrected chi connectivity index (χ1v) is 9.18. The number of ether oxygens (including phenoxy) is 1. The molecule has 3 aromatic rings. The minimum absolute atomic E-state index is 0.162. The first kappa shape index (κ1) is 17.4. The molecule has 0 bridgehead atoms. The molecule has 0 unspecified atom stereocenters. The lowest BCUT2D eigenvalue weighted by molar-refractivity contribution is 0.0479. The topological polar surface area (TPSA) is 48.3 Å². The lowest BCUT2D eigenvalue weighted by Crippen LogP contribution is -2.14. The Morgan fingerprint density at radius 1 is 1.16 bits per heavy atom. The van der Waals surface area contributed by atoms with Crippen molar-refractivity contribution in [2.75, 3.05) is 6.61 Å². The van der Waals surface area contributed by atoms with Crippen LogP contribution in [0.15, 0.2) is 36.4 Å². The molecular weight excluding hydrogens is 334 g/mol. The molecule has 0 fully saturated rings. The number of benzene rings is 1. The van der Waals surface area contributed by atoms with Gasteiger partial charge in [0, 0.05) is 28.2 Å². The van der Waals surface area contributed by atoms with Gasteiger partial charge in [0.15, 0.2) is 6.61 Å². The molecule has 25 heavy (non-hydrogen) atoms. The maximum Gasteiger partial charge on any atom is 0.348 e. The first-order chi connectivity index (χ1) is 12.0. The minimum atomic E-state index is -0.447. The zero-order valence-corrected chi connectivity index (χ0v) is 15.5. The Hall–Kier alpha value is -2.40. The summed E-state index contributed by atoms with van der Waals surface area (Å²) in [5.41, 5.74) is 2.62. The van der Waals surface area contributed by atoms with Crippen molar-refractivity contribution in [3.05, 3.63) is 58.2 Å². The van der Waals surface area contributed by atoms with Gasteiger partial charge in [-0.2, -0.15) is 0 Å². The number of rotatable bonds is 6. The molecule has 3 rings (SSSR count). The van der Waals surface area contributed by atoms with E-state index in [0.717, 1.165) is 34.4 Å². The van der Waals surface area contributed by atoms with Crippen LogP contribution in [0.5, 0.6) is 0 Å². The monoisotopic (exact) mass is 355 g/mol. The Kier molecular flexibility index (Phi) is 5.04. The third kappa shape index (κ3) is 3.51. The Balaban J connectivity index is 1.69. The molecule has 4 nitrogen and oxygen atoms in total. The highest BCUT2D eigenvalue weighted by Crippen LogP contribution is 2.26. The summed E-state index contributed by atoms with van der Waals surface area (Å²) >= 11 is 1.38. The van der Waals surface area contributed by atoms with Crippen LogP contribution in [0.2, 0.25) is 0 Å². The number of hydrogen-bond acceptors (Lipinski definition) is 4. The summed E-state index contributed by atoms with van der Waals surface area (Å²) in [5, 5.41) is 1.01. The van der Waals surface area contributed by atoms with E-state index >= 15 is 0 Å². The van der Waals surface area contributed by atoms with Gasteiger partial charge in [0.05, 0.1) is 0 Å². The summed E-state index contributed by atoms with van der Waals surface area (Å²) in [4.78, 5) is 25.2. The number of aryl methyl sites for hydroxylation is 1. The molecule has 1 aromatic carbocycles. The number of esters is 1. The summed E-state index contributed by atoms with van der Waals surface area (Å²) in [5.74, 6) is -0.609. The second kappa shape index (κ2) is 7.23. The molecule has 0 radical (unpaired) electrons. The van der Waals surface area contributed by atoms with Crippen molar-refractivity contribution < 1.29 is 14.3 Å². The molecule has 0 amide bonds. The van der Waals surface area contributed by atoms with Crippen molar-refractivity contribution in [1.82, 2.24) is 4.57 Å². The predicted octanol–water partition coefficient (Wildman–Crippen LogP) is 4.77. The second-order valence-electron chi connectivity index (χ2n) is 6.08. The molecule has 2 aromatic heterocycles. The van der Waals surface area contributed by atoms with E-state index in [-0.39, 0.29) is 12.4 Å². The van der Waals surface area contributed by atoms with Gasteiger partial charge in [-0.25, -0.2) is 4.79 Å². The van der Waals surface area contributed by atoms with E-state index in [1.54, 1.807) is 6.07 Å². The average Bonchev–Trinajstić information content (AvgIpc) is 3.16. The van der Waals surface area contributed by atoms with Crippen LogP contribution in [0.3, 0.4) is 0 Å². The third-order valence-corrected chi connectivity index (χ3v) is 5.38. The molecule has 0 aliphatic heterocycles. The molecule has 2 heterocycles. The van der Waals surface area contributed by atoms with E-state index in [9.17, 15) is 9.59 Å². The number of ketones is 1. The number of carbonyl (C=O) groups excluding carboxylic acids is 2. The molecular formula is C20H21NO3S. The van der Waals surface area contributed by atoms with Crippen molar-refractivity contribution in [2.45, 2.75) is 33.7 Å². The number of thiophene rings is 1. The smallest absolute Gasteiger partial charge is 0.348 e. The molecule has 0 N–H and O–H groups in total. The maximum atomic E-state index is 12.5. The van der Waals surface area contributed by atoms with Crippen LogP contribution >= 0.6 is 11.3 Å². The van der Waals surface area contributed by atoms with Gasteiger partial charge >= 0.3 is 5.97 Å². The highest BCUT2D eigenvalue weighted by Gasteiger charge is 2.18. The summed E-state index contributed by atoms with van der Waals surface area (Å²) in [6, 6.07) is 11.5. The highest BCUT2D eigenvalue weighted by molar-refractivity contribution is 7.20. The zero-order chi connectivity index (χ0) is 18.0. The summed E-state index contributed by atoms with van der Waals surface area (Å²) in [7, 11) is 0. The largest absolute Gasteiger partial charge is 0.453 e. The fourth-order valence-electron chi connectivity index (χ4n) is 3.01. The average molecular weight is 355 g/mol. The number of nitrogens with zero attached hydrogens (tertiary/aromatic N) is 1. The van der Waals surface area contributed by atoms with Crippen molar-refractivity contribution in [2.24, 2.45) is 0 Å². The van der Waals surface area contributed by atoms with Crippen molar-refractivity contribution >= 4 is 33.2 Å². The van der Waals surface area contributed by atoms with Gasteiger partial charge in [-0.05, 0) is 43.9 Å². The summed E-state index contributed by atoms with van der Waals surface area (Å²) in [6.45, 7) is 6.68. The van der Waals surface area contributed by atoms with Gasteiger partial charge in [0.1, 0.15) is 4.88 Å². The molecule has 5 heteroatoms. The van der Waals surface area contributed by atoms with E-state index < -0.39 is 5.97 Å². The Morgan fingerprint density at radius 3 is 2.64 bits per heavy atom. The molecule has 0 saturated heterocycles. The lowest BCUT2D eigenvalue weighted by atomic mass is 10.1. The van der Waals surface area contributed by atoms with E-state index in [1.165, 1.54) is 11.3 Å². The molecule has 0 aliphatic carbocycles. The van der Waals surface area contributed by atoms with Gasteiger partial charge < -0.3 is 9.30 Å². The third-order valence-electron chi connectivity index (χ3n) is 4.28. The van der Waals surface area contributed by atoms with Crippen LogP contribution in [0, 0.1) is 13.8 Å². The van der Waals surface area contributed by atoms with E-state index in [0.29, 0.717) is 10.4 Å². The fourth-order valence-corrected chi connectivity index (χ4v) is 3.97. The van der Waals surface area contributed by atoms with Gasteiger partial charge in [-0.3, -0.25) is 4.79 Å². The van der Waals surface area contributed by atoms with Crippen LogP contribution in [-0.2, 0) is 11.3 Å². The summed E-state index contributed by atoms with van der Waals surface area (Å²) < 4.78 is 8.41. The van der Waals surface area contributed by atoms with Gasteiger partial charge in [-0.1, -0.05) is 25.1 Å². The number of fused-ring (bicyclic) bond motifs is 1. The first-order valence-electron chi connectivity index (χ1n) is 8.37. The fraction of sp³-hybridized carbons (Fsp3) is 0.300. The highest BCUT2D eigenvalue weighted by atomic mass is 32.1. The molecule has 130 valence electrons. The second-order valence-corrected chi connectivity index (χ2v) is 7.17. The van der Waals surface area contributed by atoms with Crippen molar-refractivity contribution in [3.8, 4) is 0 Å². The zero-order valence-electron chi connectivity index (χ0n) is 14.7. The Labute approximate surface area is 151 Å². The minimum Gasteiger partial charge on any atom is -0.453 e. The number of hydrogen-bond donors (Lipinski definition) is 0. The maximum absolute atomic E-state index is 12.5. The van der Waals surface area contributed by atoms with E-state index in [2.05, 4.69) is 11.5 Å². The van der Waals surface area contributed by atoms with E-state index in [1.807, 2.05) is 44.2 Å². The van der Waals surface area contributed by atoms with Crippen LogP contribution in [-0.4, -0.2) is 22.9 Å². The van der Waals surface area contributed by atoms with Crippen LogP contribution in [0.25, 0.3) is 10.1 Å². The molecule has 0 saturated carbocycles. The van der Waals surface area contributed by atoms with Crippen molar-refractivity contribution in [1.29, 1.82) is 0 Å². The quantitative estimate of drug-likeness (QED) is 0.473. The molecule has 0 spiro atoms. The number of Topliss-reactive ketones (excluding diaryl/α,β-unsaturated/α-hetero) is 1. The van der Waals surface area contributed by atoms with Crippen LogP contribution in [0.4, 0.5) is 0 Å². The molecule has 0 atom stereocenters. The molecule has 0 aliphatic rings. The van der Waals surface area contributed by atoms with Gasteiger partial charge in [-0.15, -0.1) is 11.3 Å². The lowest BCUT2D eigenvalue weighted by Gasteiger charge is -2.07. The number of carbonyl (C=O) groups is 2. The standard InChI is InChI=1S/C20H21NO3S/c1-4-9-21-13(2)10-16(14(21)3)17(22)12-24-20(23)19-11-15-7-5-6-8-18(15)25-19/h5-8,10-11H,4,9,12H2,1-3H3. The van der Waals surface area contributed by atoms with Crippen molar-refractivity contribution in [3.63, 3.8) is 0 Å². The normalized spacial score (nSPS) is 11.0. The van der Waals surface area contributed by atoms with Gasteiger partial charge in [0.25, 0.3) is 0 Å². The predicted molar refractivity (Wildman–Crippen MR) is 101 cm³/mol. The van der Waals surface area contributed by atoms with Crippen LogP contribution < -0.4 is 0 Å². The van der Waals surface area contributed by atoms with E-state index in [4.69, 9.17) is 4.74 Å². The Morgan fingerprint density at radius 2 is 1.92 bits per heavy atom. The Bertz CT molecular complexity index is 903. The SMILES string of the molecule is CCCn1c(C)cc(C(=O)COC(=O)c2cc3ccccc3s2)c1C. The van der Waals surface area contributed by atoms with Gasteiger partial charge in [0.2, 0.25) is 5.78 Å². The number of aromatic nitrogens is 1. The summed E-state index contributed by atoms with van der Waals surface area (Å²) in [6.07, 6.45) is 1.00.